The van der Waals surface area contributed by atoms with E-state index < -0.39 is 0 Å². The first-order valence-corrected chi connectivity index (χ1v) is 10.2. The van der Waals surface area contributed by atoms with E-state index in [1.165, 1.54) is 71.9 Å². The maximum Gasteiger partial charge on any atom is 0.0594 e. The highest BCUT2D eigenvalue weighted by atomic mass is 16.5. The molecule has 24 heavy (non-hydrogen) atoms. The first-order chi connectivity index (χ1) is 11.7. The van der Waals surface area contributed by atoms with Gasteiger partial charge in [-0.1, -0.05) is 13.8 Å². The second-order valence-electron chi connectivity index (χ2n) is 8.39. The van der Waals surface area contributed by atoms with Crippen molar-refractivity contribution in [3.8, 4) is 0 Å². The Morgan fingerprint density at radius 2 is 1.29 bits per heavy atom. The van der Waals surface area contributed by atoms with Gasteiger partial charge in [-0.3, -0.25) is 14.7 Å². The van der Waals surface area contributed by atoms with E-state index in [-0.39, 0.29) is 0 Å². The first-order valence-electron chi connectivity index (χ1n) is 10.2. The fourth-order valence-corrected chi connectivity index (χ4v) is 4.67. The molecule has 2 unspecified atom stereocenters. The van der Waals surface area contributed by atoms with Gasteiger partial charge in [-0.25, -0.2) is 0 Å². The molecule has 2 atom stereocenters. The quantitative estimate of drug-likeness (QED) is 0.695. The third kappa shape index (κ3) is 5.95. The average molecular weight is 339 g/mol. The predicted molar refractivity (Wildman–Crippen MR) is 99.3 cm³/mol. The lowest BCUT2D eigenvalue weighted by Crippen LogP contribution is -2.41. The lowest BCUT2D eigenvalue weighted by molar-refractivity contribution is 0.0337. The largest absolute Gasteiger partial charge is 0.379 e. The van der Waals surface area contributed by atoms with E-state index in [0.29, 0.717) is 0 Å². The minimum Gasteiger partial charge on any atom is -0.379 e. The van der Waals surface area contributed by atoms with Crippen molar-refractivity contribution in [1.82, 2.24) is 19.6 Å². The van der Waals surface area contributed by atoms with Crippen LogP contribution < -0.4 is 0 Å². The maximum absolute atomic E-state index is 5.43. The topological polar surface area (TPSA) is 22.2 Å². The fourth-order valence-electron chi connectivity index (χ4n) is 4.67. The van der Waals surface area contributed by atoms with Crippen LogP contribution in [0.4, 0.5) is 0 Å². The van der Waals surface area contributed by atoms with E-state index in [1.807, 2.05) is 0 Å². The standard InChI is InChI=1S/C19H38N4O/c1-18-14-19(2)16-23(15-18)5-3-4-21-8-9-22(17-21)7-6-20-10-12-24-13-11-20/h18-19H,3-17H2,1-2H3. The van der Waals surface area contributed by atoms with Crippen LogP contribution in [-0.2, 0) is 4.74 Å². The molecule has 3 fully saturated rings. The molecule has 0 aromatic heterocycles. The van der Waals surface area contributed by atoms with Crippen molar-refractivity contribution in [2.45, 2.75) is 26.7 Å². The summed E-state index contributed by atoms with van der Waals surface area (Å²) in [7, 11) is 0. The summed E-state index contributed by atoms with van der Waals surface area (Å²) in [4.78, 5) is 10.5. The number of rotatable bonds is 7. The van der Waals surface area contributed by atoms with Crippen molar-refractivity contribution >= 4 is 0 Å². The minimum absolute atomic E-state index is 0.885. The van der Waals surface area contributed by atoms with Crippen LogP contribution in [0, 0.1) is 11.8 Å². The zero-order valence-electron chi connectivity index (χ0n) is 16.0. The van der Waals surface area contributed by atoms with Crippen LogP contribution in [0.3, 0.4) is 0 Å². The van der Waals surface area contributed by atoms with Crippen LogP contribution in [0.1, 0.15) is 26.7 Å². The number of likely N-dealkylation sites (tertiary alicyclic amines) is 1. The lowest BCUT2D eigenvalue weighted by Gasteiger charge is -2.35. The summed E-state index contributed by atoms with van der Waals surface area (Å²) in [6.45, 7) is 20.2. The second-order valence-corrected chi connectivity index (χ2v) is 8.39. The Hall–Kier alpha value is -0.200. The van der Waals surface area contributed by atoms with Gasteiger partial charge in [0, 0.05) is 58.9 Å². The fraction of sp³-hybridized carbons (Fsp3) is 1.00. The maximum atomic E-state index is 5.43. The molecule has 3 saturated heterocycles. The first kappa shape index (κ1) is 18.6. The van der Waals surface area contributed by atoms with Gasteiger partial charge in [0.05, 0.1) is 19.9 Å². The van der Waals surface area contributed by atoms with Gasteiger partial charge in [-0.2, -0.15) is 0 Å². The molecule has 3 rings (SSSR count). The Morgan fingerprint density at radius 3 is 2.00 bits per heavy atom. The Labute approximate surface area is 148 Å². The number of hydrogen-bond acceptors (Lipinski definition) is 5. The van der Waals surface area contributed by atoms with Gasteiger partial charge in [0.25, 0.3) is 0 Å². The van der Waals surface area contributed by atoms with Gasteiger partial charge < -0.3 is 9.64 Å². The van der Waals surface area contributed by atoms with Gasteiger partial charge >= 0.3 is 0 Å². The van der Waals surface area contributed by atoms with E-state index in [1.54, 1.807) is 0 Å². The van der Waals surface area contributed by atoms with Crippen LogP contribution in [-0.4, -0.2) is 105 Å². The van der Waals surface area contributed by atoms with E-state index in [2.05, 4.69) is 33.4 Å². The number of ether oxygens (including phenoxy) is 1. The molecule has 3 heterocycles. The van der Waals surface area contributed by atoms with Crippen molar-refractivity contribution in [3.63, 3.8) is 0 Å². The molecule has 3 aliphatic heterocycles. The molecule has 0 N–H and O–H groups in total. The van der Waals surface area contributed by atoms with E-state index >= 15 is 0 Å². The summed E-state index contributed by atoms with van der Waals surface area (Å²) in [5.74, 6) is 1.77. The summed E-state index contributed by atoms with van der Waals surface area (Å²) in [5.41, 5.74) is 0. The van der Waals surface area contributed by atoms with Crippen LogP contribution in [0.5, 0.6) is 0 Å². The van der Waals surface area contributed by atoms with Crippen LogP contribution in [0.15, 0.2) is 0 Å². The molecule has 0 aromatic carbocycles. The second kappa shape index (κ2) is 9.48. The molecule has 3 aliphatic rings. The van der Waals surface area contributed by atoms with E-state index in [4.69, 9.17) is 4.74 Å². The highest BCUT2D eigenvalue weighted by Crippen LogP contribution is 2.21. The normalized spacial score (nSPS) is 31.8. The van der Waals surface area contributed by atoms with Gasteiger partial charge in [-0.05, 0) is 31.2 Å². The summed E-state index contributed by atoms with van der Waals surface area (Å²) < 4.78 is 5.43. The average Bonchev–Trinajstić information content (AvgIpc) is 3.01. The van der Waals surface area contributed by atoms with Gasteiger partial charge in [0.2, 0.25) is 0 Å². The molecule has 0 aromatic rings. The van der Waals surface area contributed by atoms with Gasteiger partial charge in [0.15, 0.2) is 0 Å². The summed E-state index contributed by atoms with van der Waals surface area (Å²) >= 11 is 0. The SMILES string of the molecule is CC1CC(C)CN(CCCN2CCN(CCN3CCOCC3)C2)C1. The Balaban J connectivity index is 1.26. The summed E-state index contributed by atoms with van der Waals surface area (Å²) in [5, 5.41) is 0. The zero-order valence-corrected chi connectivity index (χ0v) is 16.0. The molecule has 140 valence electrons. The number of piperidine rings is 1. The minimum atomic E-state index is 0.885. The van der Waals surface area contributed by atoms with Crippen molar-refractivity contribution in [3.05, 3.63) is 0 Å². The van der Waals surface area contributed by atoms with Crippen molar-refractivity contribution in [1.29, 1.82) is 0 Å². The Morgan fingerprint density at radius 1 is 0.708 bits per heavy atom. The monoisotopic (exact) mass is 338 g/mol. The smallest absolute Gasteiger partial charge is 0.0594 e. The molecule has 0 amide bonds. The third-order valence-electron chi connectivity index (χ3n) is 5.86. The predicted octanol–water partition coefficient (Wildman–Crippen LogP) is 1.26. The Kier molecular flexibility index (Phi) is 7.35. The zero-order chi connectivity index (χ0) is 16.8. The molecule has 0 saturated carbocycles. The van der Waals surface area contributed by atoms with Crippen LogP contribution in [0.2, 0.25) is 0 Å². The number of hydrogen-bond donors (Lipinski definition) is 0. The third-order valence-corrected chi connectivity index (χ3v) is 5.86. The van der Waals surface area contributed by atoms with Crippen LogP contribution in [0.25, 0.3) is 0 Å². The molecule has 0 aliphatic carbocycles. The van der Waals surface area contributed by atoms with Crippen molar-refractivity contribution < 1.29 is 4.74 Å². The summed E-state index contributed by atoms with van der Waals surface area (Å²) in [6.07, 6.45) is 2.75. The number of nitrogens with zero attached hydrogens (tertiary/aromatic N) is 4. The highest BCUT2D eigenvalue weighted by Gasteiger charge is 2.23. The van der Waals surface area contributed by atoms with Crippen LogP contribution >= 0.6 is 0 Å². The Bertz CT molecular complexity index is 351. The number of morpholine rings is 1. The summed E-state index contributed by atoms with van der Waals surface area (Å²) in [6, 6.07) is 0. The highest BCUT2D eigenvalue weighted by molar-refractivity contribution is 4.77. The molecule has 0 spiro atoms. The molecule has 0 bridgehead atoms. The lowest BCUT2D eigenvalue weighted by atomic mass is 9.92. The molecule has 5 heteroatoms. The molecular weight excluding hydrogens is 300 g/mol. The molecule has 0 radical (unpaired) electrons. The van der Waals surface area contributed by atoms with Crippen molar-refractivity contribution in [2.75, 3.05) is 85.3 Å². The molecular formula is C19H38N4O. The van der Waals surface area contributed by atoms with Gasteiger partial charge in [-0.15, -0.1) is 0 Å². The van der Waals surface area contributed by atoms with E-state index in [0.717, 1.165) is 38.1 Å². The van der Waals surface area contributed by atoms with E-state index in [9.17, 15) is 0 Å². The van der Waals surface area contributed by atoms with Crippen molar-refractivity contribution in [2.24, 2.45) is 11.8 Å². The molecule has 5 nitrogen and oxygen atoms in total. The van der Waals surface area contributed by atoms with Gasteiger partial charge in [0.1, 0.15) is 0 Å².